The molecule has 1 aromatic heterocycles. The Kier molecular flexibility index (Phi) is 3.28. The number of anilines is 1. The normalized spacial score (nSPS) is 12.3. The smallest absolute Gasteiger partial charge is 0.257 e. The highest BCUT2D eigenvalue weighted by molar-refractivity contribution is 5.83. The summed E-state index contributed by atoms with van der Waals surface area (Å²) in [5, 5.41) is 4.91. The topological polar surface area (TPSA) is 44.9 Å². The molecule has 0 amide bonds. The summed E-state index contributed by atoms with van der Waals surface area (Å²) in [6.45, 7) is 5.75. The van der Waals surface area contributed by atoms with Crippen molar-refractivity contribution in [3.05, 3.63) is 53.3 Å². The average molecular weight is 228 g/mol. The molecule has 3 nitrogen and oxygen atoms in total. The van der Waals surface area contributed by atoms with Crippen molar-refractivity contribution in [2.75, 3.05) is 5.32 Å². The number of pyridine rings is 1. The molecule has 0 radical (unpaired) electrons. The zero-order valence-electron chi connectivity index (χ0n) is 9.86. The standard InChI is InChI=1S/C14H16N2O/c1-3-6-10(2)15-13-9-11-7-4-5-8-12(11)14(17)16-13/h3-5,7-10H,1,6H2,2H3,(H2,15,16,17). The van der Waals surface area contributed by atoms with Crippen molar-refractivity contribution in [2.45, 2.75) is 19.4 Å². The third-order valence-corrected chi connectivity index (χ3v) is 2.68. The minimum Gasteiger partial charge on any atom is -0.369 e. The minimum atomic E-state index is -0.0589. The van der Waals surface area contributed by atoms with Gasteiger partial charge in [0.1, 0.15) is 5.82 Å². The lowest BCUT2D eigenvalue weighted by Crippen LogP contribution is -2.18. The van der Waals surface area contributed by atoms with Gasteiger partial charge in [-0.15, -0.1) is 6.58 Å². The maximum Gasteiger partial charge on any atom is 0.257 e. The van der Waals surface area contributed by atoms with E-state index in [9.17, 15) is 4.79 Å². The van der Waals surface area contributed by atoms with E-state index in [-0.39, 0.29) is 11.6 Å². The van der Waals surface area contributed by atoms with Gasteiger partial charge in [0.15, 0.2) is 0 Å². The number of H-pyrrole nitrogens is 1. The van der Waals surface area contributed by atoms with E-state index in [0.29, 0.717) is 0 Å². The number of hydrogen-bond acceptors (Lipinski definition) is 2. The highest BCUT2D eigenvalue weighted by Gasteiger charge is 2.03. The zero-order chi connectivity index (χ0) is 12.3. The summed E-state index contributed by atoms with van der Waals surface area (Å²) in [5.74, 6) is 0.753. The second-order valence-corrected chi connectivity index (χ2v) is 4.17. The maximum absolute atomic E-state index is 11.8. The fourth-order valence-corrected chi connectivity index (χ4v) is 1.86. The minimum absolute atomic E-state index is 0.0589. The van der Waals surface area contributed by atoms with Crippen molar-refractivity contribution in [1.82, 2.24) is 4.98 Å². The first kappa shape index (κ1) is 11.5. The van der Waals surface area contributed by atoms with Crippen LogP contribution in [-0.2, 0) is 0 Å². The van der Waals surface area contributed by atoms with Gasteiger partial charge in [0.2, 0.25) is 0 Å². The fourth-order valence-electron chi connectivity index (χ4n) is 1.86. The van der Waals surface area contributed by atoms with Crippen molar-refractivity contribution >= 4 is 16.6 Å². The van der Waals surface area contributed by atoms with E-state index in [1.807, 2.05) is 36.4 Å². The molecule has 0 saturated carbocycles. The van der Waals surface area contributed by atoms with Crippen LogP contribution in [0.4, 0.5) is 5.82 Å². The third kappa shape index (κ3) is 2.56. The van der Waals surface area contributed by atoms with Gasteiger partial charge in [0.25, 0.3) is 5.56 Å². The van der Waals surface area contributed by atoms with E-state index in [4.69, 9.17) is 0 Å². The summed E-state index contributed by atoms with van der Waals surface area (Å²) in [5.41, 5.74) is -0.0589. The van der Waals surface area contributed by atoms with Gasteiger partial charge in [-0.3, -0.25) is 4.79 Å². The number of rotatable bonds is 4. The molecule has 0 aliphatic rings. The van der Waals surface area contributed by atoms with Crippen molar-refractivity contribution in [2.24, 2.45) is 0 Å². The van der Waals surface area contributed by atoms with Crippen molar-refractivity contribution in [1.29, 1.82) is 0 Å². The van der Waals surface area contributed by atoms with E-state index in [0.717, 1.165) is 23.0 Å². The van der Waals surface area contributed by atoms with Crippen LogP contribution in [0.15, 0.2) is 47.8 Å². The van der Waals surface area contributed by atoms with Crippen molar-refractivity contribution < 1.29 is 0 Å². The molecule has 0 aliphatic heterocycles. The van der Waals surface area contributed by atoms with Crippen LogP contribution in [0, 0.1) is 0 Å². The molecule has 1 heterocycles. The van der Waals surface area contributed by atoms with Gasteiger partial charge in [-0.05, 0) is 30.9 Å². The first-order valence-corrected chi connectivity index (χ1v) is 5.70. The zero-order valence-corrected chi connectivity index (χ0v) is 9.86. The van der Waals surface area contributed by atoms with Gasteiger partial charge in [-0.25, -0.2) is 0 Å². The third-order valence-electron chi connectivity index (χ3n) is 2.68. The van der Waals surface area contributed by atoms with Crippen molar-refractivity contribution in [3.8, 4) is 0 Å². The number of hydrogen-bond donors (Lipinski definition) is 2. The summed E-state index contributed by atoms with van der Waals surface area (Å²) in [7, 11) is 0. The van der Waals surface area contributed by atoms with E-state index >= 15 is 0 Å². The van der Waals surface area contributed by atoms with Crippen LogP contribution in [0.2, 0.25) is 0 Å². The molecule has 1 atom stereocenters. The largest absolute Gasteiger partial charge is 0.369 e. The Morgan fingerprint density at radius 1 is 1.47 bits per heavy atom. The molecule has 0 fully saturated rings. The Morgan fingerprint density at radius 2 is 2.24 bits per heavy atom. The lowest BCUT2D eigenvalue weighted by molar-refractivity contribution is 0.807. The van der Waals surface area contributed by atoms with Crippen LogP contribution < -0.4 is 10.9 Å². The van der Waals surface area contributed by atoms with Crippen LogP contribution in [0.5, 0.6) is 0 Å². The molecule has 0 aliphatic carbocycles. The maximum atomic E-state index is 11.8. The predicted molar refractivity (Wildman–Crippen MR) is 72.5 cm³/mol. The summed E-state index contributed by atoms with van der Waals surface area (Å²) >= 11 is 0. The molecule has 3 heteroatoms. The Labute approximate surface area is 100 Å². The highest BCUT2D eigenvalue weighted by atomic mass is 16.1. The van der Waals surface area contributed by atoms with E-state index in [1.165, 1.54) is 0 Å². The Bertz CT molecular complexity index is 586. The molecule has 0 spiro atoms. The van der Waals surface area contributed by atoms with Crippen molar-refractivity contribution in [3.63, 3.8) is 0 Å². The van der Waals surface area contributed by atoms with Crippen LogP contribution in [0.25, 0.3) is 10.8 Å². The van der Waals surface area contributed by atoms with Crippen LogP contribution >= 0.6 is 0 Å². The lowest BCUT2D eigenvalue weighted by atomic mass is 10.1. The monoisotopic (exact) mass is 228 g/mol. The second kappa shape index (κ2) is 4.87. The van der Waals surface area contributed by atoms with Gasteiger partial charge in [-0.1, -0.05) is 24.3 Å². The Hall–Kier alpha value is -2.03. The molecular formula is C14H16N2O. The fraction of sp³-hybridized carbons (Fsp3) is 0.214. The number of fused-ring (bicyclic) bond motifs is 1. The molecule has 88 valence electrons. The second-order valence-electron chi connectivity index (χ2n) is 4.17. The first-order chi connectivity index (χ1) is 8.20. The summed E-state index contributed by atoms with van der Waals surface area (Å²) in [4.78, 5) is 14.7. The molecular weight excluding hydrogens is 212 g/mol. The van der Waals surface area contributed by atoms with Gasteiger partial charge in [0.05, 0.1) is 0 Å². The number of nitrogens with one attached hydrogen (secondary N) is 2. The SMILES string of the molecule is C=CCC(C)Nc1cc2ccccc2c(=O)[nH]1. The summed E-state index contributed by atoms with van der Waals surface area (Å²) in [6.07, 6.45) is 2.71. The van der Waals surface area contributed by atoms with Gasteiger partial charge in [0, 0.05) is 11.4 Å². The Morgan fingerprint density at radius 3 is 3.00 bits per heavy atom. The van der Waals surface area contributed by atoms with E-state index in [1.54, 1.807) is 0 Å². The average Bonchev–Trinajstić information content (AvgIpc) is 2.29. The van der Waals surface area contributed by atoms with Gasteiger partial charge >= 0.3 is 0 Å². The van der Waals surface area contributed by atoms with Gasteiger partial charge < -0.3 is 10.3 Å². The summed E-state index contributed by atoms with van der Waals surface area (Å²) < 4.78 is 0. The highest BCUT2D eigenvalue weighted by Crippen LogP contribution is 2.13. The van der Waals surface area contributed by atoms with Crippen LogP contribution in [0.1, 0.15) is 13.3 Å². The Balaban J connectivity index is 2.36. The predicted octanol–water partition coefficient (Wildman–Crippen LogP) is 2.90. The molecule has 2 rings (SSSR count). The van der Waals surface area contributed by atoms with E-state index < -0.39 is 0 Å². The number of aromatic amines is 1. The molecule has 2 aromatic rings. The number of aromatic nitrogens is 1. The number of benzene rings is 1. The molecule has 17 heavy (non-hydrogen) atoms. The molecule has 1 unspecified atom stereocenters. The summed E-state index contributed by atoms with van der Waals surface area (Å²) in [6, 6.07) is 9.77. The lowest BCUT2D eigenvalue weighted by Gasteiger charge is -2.13. The molecule has 2 N–H and O–H groups in total. The van der Waals surface area contributed by atoms with E-state index in [2.05, 4.69) is 23.8 Å². The molecule has 0 saturated heterocycles. The van der Waals surface area contributed by atoms with Crippen LogP contribution in [0.3, 0.4) is 0 Å². The van der Waals surface area contributed by atoms with Gasteiger partial charge in [-0.2, -0.15) is 0 Å². The first-order valence-electron chi connectivity index (χ1n) is 5.70. The molecule has 1 aromatic carbocycles. The quantitative estimate of drug-likeness (QED) is 0.790. The molecule has 0 bridgehead atoms. The van der Waals surface area contributed by atoms with Crippen LogP contribution in [-0.4, -0.2) is 11.0 Å².